The van der Waals surface area contributed by atoms with Crippen molar-refractivity contribution in [3.05, 3.63) is 46.3 Å². The van der Waals surface area contributed by atoms with Crippen molar-refractivity contribution >= 4 is 39.6 Å². The number of fused-ring (bicyclic) bond motifs is 1. The molecule has 0 aliphatic heterocycles. The molecule has 0 radical (unpaired) electrons. The maximum Gasteiger partial charge on any atom is 0.330 e. The molecule has 0 fully saturated rings. The topological polar surface area (TPSA) is 35.5 Å². The summed E-state index contributed by atoms with van der Waals surface area (Å²) >= 11 is 6.94. The lowest BCUT2D eigenvalue weighted by Gasteiger charge is -2.11. The van der Waals surface area contributed by atoms with Crippen LogP contribution in [-0.4, -0.2) is 19.2 Å². The van der Waals surface area contributed by atoms with Gasteiger partial charge in [-0.1, -0.05) is 38.7 Å². The first-order valence-electron chi connectivity index (χ1n) is 7.51. The smallest absolute Gasteiger partial charge is 0.330 e. The predicted molar refractivity (Wildman–Crippen MR) is 98.0 cm³/mol. The molecule has 0 saturated carbocycles. The number of hydrogen-bond acceptors (Lipinski definition) is 5. The summed E-state index contributed by atoms with van der Waals surface area (Å²) in [6.45, 7) is 8.48. The predicted octanol–water partition coefficient (Wildman–Crippen LogP) is 5.25. The summed E-state index contributed by atoms with van der Waals surface area (Å²) in [5.41, 5.74) is 1.29. The Bertz CT molecular complexity index is 762. The second-order valence-electron chi connectivity index (χ2n) is 5.41. The van der Waals surface area contributed by atoms with Crippen LogP contribution in [0.25, 0.3) is 10.1 Å². The van der Waals surface area contributed by atoms with Crippen molar-refractivity contribution in [1.29, 1.82) is 0 Å². The zero-order valence-corrected chi connectivity index (χ0v) is 15.0. The molecular weight excluding hydrogens is 328 g/mol. The molecule has 5 heteroatoms. The highest BCUT2D eigenvalue weighted by Crippen LogP contribution is 2.32. The maximum absolute atomic E-state index is 11.0. The van der Waals surface area contributed by atoms with E-state index in [4.69, 9.17) is 21.7 Å². The van der Waals surface area contributed by atoms with Gasteiger partial charge in [0.05, 0.1) is 17.0 Å². The molecule has 0 unspecified atom stereocenters. The van der Waals surface area contributed by atoms with Gasteiger partial charge in [-0.25, -0.2) is 4.79 Å². The fourth-order valence-electron chi connectivity index (χ4n) is 2.10. The molecule has 0 bridgehead atoms. The fraction of sp³-hybridized carbons (Fsp3) is 0.333. The van der Waals surface area contributed by atoms with Crippen LogP contribution in [0.1, 0.15) is 31.7 Å². The van der Waals surface area contributed by atoms with E-state index in [1.54, 1.807) is 11.3 Å². The number of carbonyl (C=O) groups is 1. The molecule has 23 heavy (non-hydrogen) atoms. The minimum Gasteiger partial charge on any atom is -0.493 e. The van der Waals surface area contributed by atoms with Crippen molar-refractivity contribution in [3.8, 4) is 5.75 Å². The highest BCUT2D eigenvalue weighted by molar-refractivity contribution is 7.73. The van der Waals surface area contributed by atoms with Gasteiger partial charge in [-0.3, -0.25) is 0 Å². The summed E-state index contributed by atoms with van der Waals surface area (Å²) in [6.07, 6.45) is 1.78. The number of rotatable bonds is 7. The van der Waals surface area contributed by atoms with Crippen molar-refractivity contribution in [1.82, 2.24) is 0 Å². The third-order valence-corrected chi connectivity index (χ3v) is 4.60. The van der Waals surface area contributed by atoms with Gasteiger partial charge in [0.1, 0.15) is 5.75 Å². The van der Waals surface area contributed by atoms with Gasteiger partial charge in [0.25, 0.3) is 0 Å². The van der Waals surface area contributed by atoms with E-state index < -0.39 is 5.97 Å². The molecule has 2 aromatic rings. The molecule has 1 heterocycles. The van der Waals surface area contributed by atoms with E-state index in [-0.39, 0.29) is 0 Å². The van der Waals surface area contributed by atoms with Crippen LogP contribution in [0.2, 0.25) is 0 Å². The largest absolute Gasteiger partial charge is 0.493 e. The first kappa shape index (κ1) is 17.6. The van der Waals surface area contributed by atoms with E-state index in [1.165, 1.54) is 5.56 Å². The zero-order valence-electron chi connectivity index (χ0n) is 13.3. The molecule has 0 saturated heterocycles. The van der Waals surface area contributed by atoms with E-state index in [1.807, 2.05) is 6.07 Å². The molecular formula is C18H20O3S2. The molecule has 0 aliphatic rings. The third kappa shape index (κ3) is 4.88. The molecule has 0 atom stereocenters. The van der Waals surface area contributed by atoms with E-state index in [2.05, 4.69) is 38.6 Å². The first-order valence-corrected chi connectivity index (χ1v) is 8.73. The van der Waals surface area contributed by atoms with Gasteiger partial charge in [0, 0.05) is 28.6 Å². The highest BCUT2D eigenvalue weighted by atomic mass is 32.1. The molecule has 1 aromatic carbocycles. The van der Waals surface area contributed by atoms with Crippen LogP contribution in [-0.2, 0) is 9.53 Å². The maximum atomic E-state index is 11.0. The van der Waals surface area contributed by atoms with Crippen LogP contribution in [0, 0.1) is 3.82 Å². The Morgan fingerprint density at radius 2 is 2.13 bits per heavy atom. The monoisotopic (exact) mass is 348 g/mol. The van der Waals surface area contributed by atoms with Crippen LogP contribution in [0.5, 0.6) is 5.75 Å². The summed E-state index contributed by atoms with van der Waals surface area (Å²) in [7, 11) is 0. The quantitative estimate of drug-likeness (QED) is 0.296. The van der Waals surface area contributed by atoms with E-state index in [0.29, 0.717) is 25.6 Å². The van der Waals surface area contributed by atoms with Gasteiger partial charge in [-0.2, -0.15) is 0 Å². The average Bonchev–Trinajstić information content (AvgIpc) is 2.53. The fourth-order valence-corrected chi connectivity index (χ4v) is 3.33. The Labute approximate surface area is 145 Å². The second kappa shape index (κ2) is 8.22. The summed E-state index contributed by atoms with van der Waals surface area (Å²) in [4.78, 5) is 11.0. The minimum atomic E-state index is -0.411. The Kier molecular flexibility index (Phi) is 6.30. The minimum absolute atomic E-state index is 0.316. The molecule has 2 rings (SSSR count). The van der Waals surface area contributed by atoms with Gasteiger partial charge in [0.15, 0.2) is 0 Å². The Morgan fingerprint density at radius 3 is 2.83 bits per heavy atom. The molecule has 3 nitrogen and oxygen atoms in total. The Morgan fingerprint density at radius 1 is 1.35 bits per heavy atom. The lowest BCUT2D eigenvalue weighted by atomic mass is 10.0. The molecule has 0 spiro atoms. The molecule has 122 valence electrons. The normalized spacial score (nSPS) is 10.7. The Hall–Kier alpha value is -1.72. The van der Waals surface area contributed by atoms with Crippen molar-refractivity contribution in [2.45, 2.75) is 26.2 Å². The van der Waals surface area contributed by atoms with Crippen LogP contribution in [0.15, 0.2) is 36.9 Å². The number of carbonyl (C=O) groups excluding carboxylic acids is 1. The summed E-state index contributed by atoms with van der Waals surface area (Å²) < 4.78 is 12.7. The SMILES string of the molecule is C=CC(=O)OCCCOc1cc(=S)sc2cc(C(C)C)ccc12. The van der Waals surface area contributed by atoms with Crippen molar-refractivity contribution in [3.63, 3.8) is 0 Å². The summed E-state index contributed by atoms with van der Waals surface area (Å²) in [5, 5.41) is 1.07. The van der Waals surface area contributed by atoms with Gasteiger partial charge in [-0.15, -0.1) is 11.3 Å². The van der Waals surface area contributed by atoms with Crippen molar-refractivity contribution < 1.29 is 14.3 Å². The van der Waals surface area contributed by atoms with Gasteiger partial charge >= 0.3 is 5.97 Å². The summed E-state index contributed by atoms with van der Waals surface area (Å²) in [5.74, 6) is 0.851. The summed E-state index contributed by atoms with van der Waals surface area (Å²) in [6, 6.07) is 8.27. The highest BCUT2D eigenvalue weighted by Gasteiger charge is 2.07. The molecule has 0 N–H and O–H groups in total. The van der Waals surface area contributed by atoms with Gasteiger partial charge in [-0.05, 0) is 23.6 Å². The standard InChI is InChI=1S/C18H20O3S2/c1-4-17(19)21-9-5-8-20-15-11-18(22)23-16-10-13(12(2)3)6-7-14(15)16/h4,6-7,10-12H,1,5,8-9H2,2-3H3. The third-order valence-electron chi connectivity index (χ3n) is 3.35. The number of esters is 1. The average molecular weight is 348 g/mol. The number of ether oxygens (including phenoxy) is 2. The van der Waals surface area contributed by atoms with Crippen LogP contribution in [0.3, 0.4) is 0 Å². The van der Waals surface area contributed by atoms with Crippen LogP contribution >= 0.6 is 23.6 Å². The van der Waals surface area contributed by atoms with Crippen LogP contribution in [0.4, 0.5) is 0 Å². The van der Waals surface area contributed by atoms with E-state index in [0.717, 1.165) is 25.7 Å². The number of benzene rings is 1. The van der Waals surface area contributed by atoms with Crippen molar-refractivity contribution in [2.75, 3.05) is 13.2 Å². The zero-order chi connectivity index (χ0) is 16.8. The van der Waals surface area contributed by atoms with Gasteiger partial charge in [0.2, 0.25) is 0 Å². The van der Waals surface area contributed by atoms with E-state index in [9.17, 15) is 4.79 Å². The lowest BCUT2D eigenvalue weighted by Crippen LogP contribution is -2.06. The number of hydrogen-bond donors (Lipinski definition) is 0. The van der Waals surface area contributed by atoms with Gasteiger partial charge < -0.3 is 9.47 Å². The lowest BCUT2D eigenvalue weighted by molar-refractivity contribution is -0.137. The van der Waals surface area contributed by atoms with Crippen molar-refractivity contribution in [2.24, 2.45) is 0 Å². The van der Waals surface area contributed by atoms with Crippen LogP contribution < -0.4 is 4.74 Å². The Balaban J connectivity index is 2.09. The molecule has 0 amide bonds. The van der Waals surface area contributed by atoms with E-state index >= 15 is 0 Å². The first-order chi connectivity index (χ1) is 11.0. The molecule has 1 aromatic heterocycles. The second-order valence-corrected chi connectivity index (χ2v) is 7.20. The molecule has 0 aliphatic carbocycles.